The monoisotopic (exact) mass is 233 g/mol. The molecule has 0 spiro atoms. The van der Waals surface area contributed by atoms with E-state index in [1.807, 2.05) is 0 Å². The number of hydrogen-bond acceptors (Lipinski definition) is 1. The molecule has 0 aliphatic carbocycles. The van der Waals surface area contributed by atoms with Gasteiger partial charge >= 0.3 is 0 Å². The van der Waals surface area contributed by atoms with E-state index in [2.05, 4.69) is 0 Å². The Bertz CT molecular complexity index is 360. The highest BCUT2D eigenvalue weighted by atomic mass is 19.4. The van der Waals surface area contributed by atoms with Crippen LogP contribution in [-0.4, -0.2) is 0 Å². The minimum absolute atomic E-state index is 1.56. The molecule has 1 aromatic rings. The molecule has 15 heavy (non-hydrogen) atoms. The number of alkyl halides is 1. The van der Waals surface area contributed by atoms with Crippen molar-refractivity contribution in [1.82, 2.24) is 0 Å². The molecule has 0 fully saturated rings. The molecule has 0 radical (unpaired) electrons. The van der Waals surface area contributed by atoms with Gasteiger partial charge in [-0.2, -0.15) is 0 Å². The lowest BCUT2D eigenvalue weighted by atomic mass is 10.1. The van der Waals surface area contributed by atoms with E-state index in [9.17, 15) is 30.9 Å². The maximum absolute atomic E-state index is 12.7. The summed E-state index contributed by atoms with van der Waals surface area (Å²) in [6.45, 7) is -1.84. The van der Waals surface area contributed by atoms with Gasteiger partial charge in [-0.05, 0) is 5.34 Å². The summed E-state index contributed by atoms with van der Waals surface area (Å²) in [6.07, 6.45) is 0. The molecule has 1 rings (SSSR count). The Kier molecular flexibility index (Phi) is 3.06. The van der Waals surface area contributed by atoms with Gasteiger partial charge in [-0.25, -0.2) is 22.0 Å². The SMILES string of the molecule is FCc1c(F)c(F)c(N(F)F)c(F)c1F. The molecule has 0 atom stereocenters. The van der Waals surface area contributed by atoms with Crippen LogP contribution >= 0.6 is 0 Å². The van der Waals surface area contributed by atoms with Gasteiger partial charge in [0.15, 0.2) is 29.0 Å². The summed E-state index contributed by atoms with van der Waals surface area (Å²) >= 11 is 0. The first-order valence-electron chi connectivity index (χ1n) is 3.44. The predicted molar refractivity (Wildman–Crippen MR) is 35.8 cm³/mol. The van der Waals surface area contributed by atoms with Crippen LogP contribution < -0.4 is 5.34 Å². The van der Waals surface area contributed by atoms with Gasteiger partial charge in [-0.15, -0.1) is 0 Å². The van der Waals surface area contributed by atoms with Crippen LogP contribution in [-0.2, 0) is 6.67 Å². The van der Waals surface area contributed by atoms with Crippen molar-refractivity contribution >= 4 is 5.69 Å². The number of hydrogen-bond donors (Lipinski definition) is 0. The fraction of sp³-hybridized carbons (Fsp3) is 0.143. The molecule has 0 heterocycles. The van der Waals surface area contributed by atoms with Gasteiger partial charge < -0.3 is 0 Å². The van der Waals surface area contributed by atoms with E-state index in [4.69, 9.17) is 0 Å². The summed E-state index contributed by atoms with van der Waals surface area (Å²) in [5, 5.41) is -2.13. The molecule has 0 aromatic heterocycles. The normalized spacial score (nSPS) is 10.6. The van der Waals surface area contributed by atoms with Crippen LogP contribution in [0.1, 0.15) is 5.56 Å². The Hall–Kier alpha value is -1.47. The van der Waals surface area contributed by atoms with E-state index in [1.54, 1.807) is 0 Å². The molecule has 0 amide bonds. The van der Waals surface area contributed by atoms with Crippen LogP contribution in [0.4, 0.5) is 36.6 Å². The van der Waals surface area contributed by atoms with Crippen molar-refractivity contribution in [3.63, 3.8) is 0 Å². The van der Waals surface area contributed by atoms with E-state index in [0.29, 0.717) is 0 Å². The summed E-state index contributed by atoms with van der Waals surface area (Å²) < 4.78 is 86.3. The van der Waals surface area contributed by atoms with Gasteiger partial charge in [0.2, 0.25) is 0 Å². The van der Waals surface area contributed by atoms with E-state index < -0.39 is 46.5 Å². The fourth-order valence-corrected chi connectivity index (χ4v) is 0.931. The van der Waals surface area contributed by atoms with E-state index in [1.165, 1.54) is 0 Å². The van der Waals surface area contributed by atoms with Crippen molar-refractivity contribution in [2.45, 2.75) is 6.67 Å². The Balaban J connectivity index is 3.59. The standard InChI is InChI=1S/C7H2F7N/c8-1-2-3(9)5(11)7(15(13)14)6(12)4(2)10/h1H2. The second kappa shape index (κ2) is 3.95. The molecule has 0 aliphatic heterocycles. The largest absolute Gasteiger partial charge is 0.246 e. The second-order valence-corrected chi connectivity index (χ2v) is 2.45. The topological polar surface area (TPSA) is 3.24 Å². The van der Waals surface area contributed by atoms with Crippen molar-refractivity contribution in [3.8, 4) is 0 Å². The Morgan fingerprint density at radius 3 is 1.47 bits per heavy atom. The molecule has 0 unspecified atom stereocenters. The quantitative estimate of drug-likeness (QED) is 0.430. The van der Waals surface area contributed by atoms with Gasteiger partial charge in [0, 0.05) is 0 Å². The van der Waals surface area contributed by atoms with Crippen molar-refractivity contribution in [2.24, 2.45) is 0 Å². The molecule has 84 valence electrons. The van der Waals surface area contributed by atoms with Gasteiger partial charge in [0.25, 0.3) is 0 Å². The first-order chi connectivity index (χ1) is 6.91. The lowest BCUT2D eigenvalue weighted by Crippen LogP contribution is -2.10. The fourth-order valence-electron chi connectivity index (χ4n) is 0.931. The van der Waals surface area contributed by atoms with Crippen LogP contribution in [0.2, 0.25) is 0 Å². The third-order valence-corrected chi connectivity index (χ3v) is 1.63. The number of rotatable bonds is 2. The van der Waals surface area contributed by atoms with Crippen molar-refractivity contribution < 1.29 is 30.9 Å². The van der Waals surface area contributed by atoms with Crippen molar-refractivity contribution in [1.29, 1.82) is 0 Å². The maximum atomic E-state index is 12.7. The molecule has 0 N–H and O–H groups in total. The van der Waals surface area contributed by atoms with Gasteiger partial charge in [0.1, 0.15) is 6.67 Å². The lowest BCUT2D eigenvalue weighted by molar-refractivity contribution is 0.222. The molecule has 1 aromatic carbocycles. The van der Waals surface area contributed by atoms with Crippen molar-refractivity contribution in [3.05, 3.63) is 28.8 Å². The number of halogens is 7. The molecular weight excluding hydrogens is 231 g/mol. The van der Waals surface area contributed by atoms with Crippen LogP contribution in [0.3, 0.4) is 0 Å². The zero-order chi connectivity index (χ0) is 11.7. The van der Waals surface area contributed by atoms with E-state index in [-0.39, 0.29) is 0 Å². The molecule has 8 heteroatoms. The first kappa shape index (κ1) is 11.6. The smallest absolute Gasteiger partial charge is 0.191 e. The van der Waals surface area contributed by atoms with Gasteiger partial charge in [-0.3, -0.25) is 0 Å². The number of benzene rings is 1. The Morgan fingerprint density at radius 1 is 0.800 bits per heavy atom. The first-order valence-corrected chi connectivity index (χ1v) is 3.44. The Morgan fingerprint density at radius 2 is 1.20 bits per heavy atom. The minimum atomic E-state index is -2.34. The molecule has 0 bridgehead atoms. The van der Waals surface area contributed by atoms with Crippen LogP contribution in [0.15, 0.2) is 0 Å². The molecule has 1 nitrogen and oxygen atoms in total. The summed E-state index contributed by atoms with van der Waals surface area (Å²) in [6, 6.07) is 0. The van der Waals surface area contributed by atoms with Crippen LogP contribution in [0.25, 0.3) is 0 Å². The zero-order valence-corrected chi connectivity index (χ0v) is 6.80. The summed E-state index contributed by atoms with van der Waals surface area (Å²) in [5.74, 6) is -9.03. The predicted octanol–water partition coefficient (Wildman–Crippen LogP) is 3.29. The summed E-state index contributed by atoms with van der Waals surface area (Å²) in [4.78, 5) is 0. The average Bonchev–Trinajstić information content (AvgIpc) is 2.16. The summed E-state index contributed by atoms with van der Waals surface area (Å²) in [5.41, 5.74) is -3.75. The van der Waals surface area contributed by atoms with Crippen molar-refractivity contribution in [2.75, 3.05) is 5.34 Å². The Labute approximate surface area is 78.6 Å². The van der Waals surface area contributed by atoms with E-state index in [0.717, 1.165) is 0 Å². The lowest BCUT2D eigenvalue weighted by Gasteiger charge is -2.09. The van der Waals surface area contributed by atoms with Crippen LogP contribution in [0, 0.1) is 23.3 Å². The molecule has 0 saturated heterocycles. The highest BCUT2D eigenvalue weighted by molar-refractivity contribution is 5.48. The minimum Gasteiger partial charge on any atom is -0.246 e. The summed E-state index contributed by atoms with van der Waals surface area (Å²) in [7, 11) is 0. The van der Waals surface area contributed by atoms with Crippen LogP contribution in [0.5, 0.6) is 0 Å². The number of nitrogens with zero attached hydrogens (tertiary/aromatic N) is 1. The van der Waals surface area contributed by atoms with Gasteiger partial charge in [-0.1, -0.05) is 8.96 Å². The molecular formula is C7H2F7N. The van der Waals surface area contributed by atoms with Gasteiger partial charge in [0.05, 0.1) is 5.56 Å². The second-order valence-electron chi connectivity index (χ2n) is 2.45. The zero-order valence-electron chi connectivity index (χ0n) is 6.80. The average molecular weight is 233 g/mol. The molecule has 0 aliphatic rings. The number of anilines is 1. The molecule has 0 saturated carbocycles. The highest BCUT2D eigenvalue weighted by Crippen LogP contribution is 2.31. The maximum Gasteiger partial charge on any atom is 0.191 e. The highest BCUT2D eigenvalue weighted by Gasteiger charge is 2.29. The third-order valence-electron chi connectivity index (χ3n) is 1.63. The third kappa shape index (κ3) is 1.71. The van der Waals surface area contributed by atoms with E-state index >= 15 is 0 Å².